The number of hydrogen-bond donors (Lipinski definition) is 3. The Morgan fingerprint density at radius 3 is 2.53 bits per heavy atom. The number of nitrogens with one attached hydrogen (secondary N) is 3. The van der Waals surface area contributed by atoms with Gasteiger partial charge in [0.15, 0.2) is 23.1 Å². The molecule has 0 radical (unpaired) electrons. The molecule has 1 unspecified atom stereocenters. The molecule has 10 nitrogen and oxygen atoms in total. The quantitative estimate of drug-likeness (QED) is 0.165. The van der Waals surface area contributed by atoms with Gasteiger partial charge in [-0.25, -0.2) is 22.9 Å². The van der Waals surface area contributed by atoms with Gasteiger partial charge in [0.25, 0.3) is 0 Å². The molecule has 0 spiro atoms. The highest BCUT2D eigenvalue weighted by Gasteiger charge is 2.39. The van der Waals surface area contributed by atoms with Gasteiger partial charge in [0.05, 0.1) is 31.2 Å². The summed E-state index contributed by atoms with van der Waals surface area (Å²) in [5.74, 6) is -2.52. The third kappa shape index (κ3) is 8.31. The van der Waals surface area contributed by atoms with Crippen LogP contribution in [-0.4, -0.2) is 50.2 Å². The minimum absolute atomic E-state index is 0.119. The van der Waals surface area contributed by atoms with Crippen LogP contribution in [0.15, 0.2) is 59.8 Å². The zero-order valence-corrected chi connectivity index (χ0v) is 23.7. The van der Waals surface area contributed by atoms with E-state index in [2.05, 4.69) is 26.7 Å². The summed E-state index contributed by atoms with van der Waals surface area (Å²) in [7, 11) is 0. The number of anilines is 1. The third-order valence-electron chi connectivity index (χ3n) is 6.32. The molecule has 1 atom stereocenters. The average molecular weight is 615 g/mol. The van der Waals surface area contributed by atoms with Gasteiger partial charge in [0.2, 0.25) is 0 Å². The van der Waals surface area contributed by atoms with E-state index in [1.54, 1.807) is 30.5 Å². The Morgan fingerprint density at radius 1 is 1.23 bits per heavy atom. The minimum Gasteiger partial charge on any atom is -0.768 e. The van der Waals surface area contributed by atoms with E-state index >= 15 is 0 Å². The number of amides is 2. The number of aryl methyl sites for hydroxylation is 2. The number of urea groups is 1. The predicted molar refractivity (Wildman–Crippen MR) is 151 cm³/mol. The van der Waals surface area contributed by atoms with Crippen molar-refractivity contribution in [2.24, 2.45) is 0 Å². The van der Waals surface area contributed by atoms with E-state index in [-0.39, 0.29) is 31.2 Å². The summed E-state index contributed by atoms with van der Waals surface area (Å²) >= 11 is -2.09. The van der Waals surface area contributed by atoms with Gasteiger partial charge < -0.3 is 29.6 Å². The number of alkyl halides is 1. The summed E-state index contributed by atoms with van der Waals surface area (Å²) in [5, 5.41) is 13.9. The maximum absolute atomic E-state index is 14.7. The van der Waals surface area contributed by atoms with E-state index in [0.717, 1.165) is 23.3 Å². The Bertz CT molecular complexity index is 1630. The van der Waals surface area contributed by atoms with Crippen molar-refractivity contribution in [2.45, 2.75) is 36.8 Å². The molecule has 14 heteroatoms. The van der Waals surface area contributed by atoms with Gasteiger partial charge in [-0.2, -0.15) is 5.26 Å². The van der Waals surface area contributed by atoms with Gasteiger partial charge >= 0.3 is 6.03 Å². The number of halogens is 3. The van der Waals surface area contributed by atoms with Gasteiger partial charge in [-0.3, -0.25) is 4.21 Å². The number of H-pyrrole nitrogens is 1. The summed E-state index contributed by atoms with van der Waals surface area (Å²) in [6, 6.07) is 11.3. The number of carbonyl (C=O) groups excluding carboxylic acids is 1. The van der Waals surface area contributed by atoms with Crippen molar-refractivity contribution >= 4 is 33.8 Å². The highest BCUT2D eigenvalue weighted by Crippen LogP contribution is 2.35. The zero-order chi connectivity index (χ0) is 31.0. The molecule has 43 heavy (non-hydrogen) atoms. The first-order chi connectivity index (χ1) is 20.6. The van der Waals surface area contributed by atoms with Crippen LogP contribution in [0, 0.1) is 29.9 Å². The summed E-state index contributed by atoms with van der Waals surface area (Å²) < 4.78 is 74.2. The number of benzene rings is 2. The lowest BCUT2D eigenvalue weighted by molar-refractivity contribution is -0.125. The topological polar surface area (TPSA) is 152 Å². The third-order valence-corrected chi connectivity index (χ3v) is 6.98. The number of nitriles is 1. The average Bonchev–Trinajstić information content (AvgIpc) is 3.37. The van der Waals surface area contributed by atoms with Crippen LogP contribution < -0.4 is 15.4 Å². The maximum atomic E-state index is 14.7. The second-order valence-electron chi connectivity index (χ2n) is 9.73. The smallest absolute Gasteiger partial charge is 0.319 e. The molecule has 226 valence electrons. The largest absolute Gasteiger partial charge is 0.768 e. The number of hydrogen-bond acceptors (Lipinski definition) is 7. The summed E-state index contributed by atoms with van der Waals surface area (Å²) in [6.07, 6.45) is 4.70. The second-order valence-corrected chi connectivity index (χ2v) is 10.7. The number of unbranched alkanes of at least 4 members (excludes halogenated alkanes) is 1. The van der Waals surface area contributed by atoms with Crippen molar-refractivity contribution in [1.29, 1.82) is 5.26 Å². The lowest BCUT2D eigenvalue weighted by Crippen LogP contribution is -2.54. The molecule has 1 fully saturated rings. The molecule has 5 rings (SSSR count). The van der Waals surface area contributed by atoms with Crippen LogP contribution in [0.5, 0.6) is 11.5 Å². The molecule has 1 aliphatic heterocycles. The van der Waals surface area contributed by atoms with E-state index < -0.39 is 40.2 Å². The van der Waals surface area contributed by atoms with Crippen LogP contribution in [0.3, 0.4) is 0 Å². The van der Waals surface area contributed by atoms with Crippen molar-refractivity contribution in [3.63, 3.8) is 0 Å². The summed E-state index contributed by atoms with van der Waals surface area (Å²) in [6.45, 7) is 1.39. The molecule has 3 N–H and O–H groups in total. The molecule has 4 aromatic rings. The van der Waals surface area contributed by atoms with Crippen LogP contribution in [0.1, 0.15) is 24.0 Å². The Labute approximate surface area is 247 Å². The predicted octanol–water partition coefficient (Wildman–Crippen LogP) is 5.57. The fourth-order valence-electron chi connectivity index (χ4n) is 4.06. The molecule has 0 aliphatic carbocycles. The molecular formula is C29H27F3N5O5S-. The summed E-state index contributed by atoms with van der Waals surface area (Å²) in [5.41, 5.74) is 0.562. The molecule has 3 heterocycles. The highest BCUT2D eigenvalue weighted by atomic mass is 32.2. The standard InChI is InChI=1S/C22H20F3N5O3.C7H8O2S/c23-15-7-14(30-21(31)29-10-22(25)11-32-12-22)8-16(24)19(15)33-17-4-6-27-20-18(17)13(9-28-20)3-1-2-5-26;1-6-2-4-7(5-3-6)10(8)9/h4,6-9H,1-3,10-12H2,(H,27,28)(H2,29,30,31);2-5H,1H3,(H,8,9)/p-1. The SMILES string of the molecule is Cc1ccc(S(=O)[O-])cc1.N#CCCCc1c[nH]c2nccc(Oc3c(F)cc(NC(=O)NCC4(F)COC4)cc3F)c12. The van der Waals surface area contributed by atoms with E-state index in [9.17, 15) is 26.7 Å². The van der Waals surface area contributed by atoms with Crippen molar-refractivity contribution < 1.29 is 36.2 Å². The fourth-order valence-corrected chi connectivity index (χ4v) is 4.42. The van der Waals surface area contributed by atoms with Crippen LogP contribution >= 0.6 is 0 Å². The molecule has 1 saturated heterocycles. The van der Waals surface area contributed by atoms with Crippen molar-refractivity contribution in [1.82, 2.24) is 15.3 Å². The van der Waals surface area contributed by atoms with Crippen LogP contribution in [0.2, 0.25) is 0 Å². The number of fused-ring (bicyclic) bond motifs is 1. The molecule has 2 amide bonds. The lowest BCUT2D eigenvalue weighted by Gasteiger charge is -2.33. The molecule has 1 aliphatic rings. The first-order valence-electron chi connectivity index (χ1n) is 13.0. The number of pyridine rings is 1. The zero-order valence-electron chi connectivity index (χ0n) is 22.9. The van der Waals surface area contributed by atoms with Crippen LogP contribution in [-0.2, 0) is 22.2 Å². The molecule has 0 bridgehead atoms. The second kappa shape index (κ2) is 14.1. The number of ether oxygens (including phenoxy) is 2. The van der Waals surface area contributed by atoms with Crippen molar-refractivity contribution in [3.05, 3.63) is 77.6 Å². The lowest BCUT2D eigenvalue weighted by atomic mass is 10.1. The van der Waals surface area contributed by atoms with Gasteiger partial charge in [-0.15, -0.1) is 0 Å². The molecule has 0 saturated carbocycles. The van der Waals surface area contributed by atoms with Gasteiger partial charge in [-0.05, 0) is 54.6 Å². The molecular weight excluding hydrogens is 587 g/mol. The fraction of sp³-hybridized carbons (Fsp3) is 0.276. The number of rotatable bonds is 9. The van der Waals surface area contributed by atoms with Crippen molar-refractivity contribution in [2.75, 3.05) is 25.1 Å². The Hall–Kier alpha value is -4.45. The van der Waals surface area contributed by atoms with Gasteiger partial charge in [0, 0.05) is 41.5 Å². The van der Waals surface area contributed by atoms with Crippen LogP contribution in [0.4, 0.5) is 23.7 Å². The molecule has 2 aromatic carbocycles. The maximum Gasteiger partial charge on any atom is 0.319 e. The Kier molecular flexibility index (Phi) is 10.4. The number of aromatic nitrogens is 2. The van der Waals surface area contributed by atoms with Gasteiger partial charge in [-0.1, -0.05) is 17.7 Å². The van der Waals surface area contributed by atoms with E-state index in [1.807, 2.05) is 6.92 Å². The normalized spacial score (nSPS) is 14.0. The molecule has 2 aromatic heterocycles. The first-order valence-corrected chi connectivity index (χ1v) is 14.1. The van der Waals surface area contributed by atoms with Gasteiger partial charge in [0.1, 0.15) is 11.4 Å². The Balaban J connectivity index is 0.000000359. The number of nitrogens with zero attached hydrogens (tertiary/aromatic N) is 2. The van der Waals surface area contributed by atoms with E-state index in [4.69, 9.17) is 14.7 Å². The summed E-state index contributed by atoms with van der Waals surface area (Å²) in [4.78, 5) is 19.4. The highest BCUT2D eigenvalue weighted by molar-refractivity contribution is 7.79. The van der Waals surface area contributed by atoms with E-state index in [0.29, 0.717) is 35.2 Å². The Morgan fingerprint density at radius 2 is 1.93 bits per heavy atom. The minimum atomic E-state index is -2.09. The van der Waals surface area contributed by atoms with Crippen LogP contribution in [0.25, 0.3) is 11.0 Å². The number of aromatic amines is 1. The van der Waals surface area contributed by atoms with E-state index in [1.165, 1.54) is 12.3 Å². The first kappa shape index (κ1) is 31.5. The van der Waals surface area contributed by atoms with Crippen molar-refractivity contribution in [3.8, 4) is 17.6 Å². The number of carbonyl (C=O) groups is 1. The monoisotopic (exact) mass is 614 g/mol.